The Hall–Kier alpha value is -2.56. The van der Waals surface area contributed by atoms with Gasteiger partial charge >= 0.3 is 0 Å². The normalized spacial score (nSPS) is 12.3. The van der Waals surface area contributed by atoms with E-state index >= 15 is 0 Å². The molecule has 0 bridgehead atoms. The van der Waals surface area contributed by atoms with Gasteiger partial charge in [0.1, 0.15) is 11.1 Å². The minimum absolute atomic E-state index is 0.126. The lowest BCUT2D eigenvalue weighted by Gasteiger charge is -2.19. The minimum atomic E-state index is -0.522. The third-order valence-corrected chi connectivity index (χ3v) is 8.70. The molecule has 0 aliphatic heterocycles. The van der Waals surface area contributed by atoms with Crippen LogP contribution in [0.1, 0.15) is 31.9 Å². The molecule has 0 amide bonds. The van der Waals surface area contributed by atoms with Crippen LogP contribution in [-0.4, -0.2) is 27.7 Å². The van der Waals surface area contributed by atoms with Crippen LogP contribution in [0.2, 0.25) is 0 Å². The largest absolute Gasteiger partial charge is 0.391 e. The van der Waals surface area contributed by atoms with Gasteiger partial charge in [0.15, 0.2) is 0 Å². The molecule has 0 spiro atoms. The number of aliphatic hydroxyl groups excluding tert-OH is 1. The number of aliphatic hydroxyl groups is 1. The van der Waals surface area contributed by atoms with Crippen LogP contribution < -0.4 is 0 Å². The van der Waals surface area contributed by atoms with Crippen LogP contribution in [0.4, 0.5) is 0 Å². The number of aromatic nitrogens is 1. The predicted octanol–water partition coefficient (Wildman–Crippen LogP) is 7.89. The molecule has 2 aromatic heterocycles. The van der Waals surface area contributed by atoms with Gasteiger partial charge in [-0.05, 0) is 46.2 Å². The monoisotopic (exact) mass is 516 g/mol. The van der Waals surface area contributed by atoms with E-state index in [2.05, 4.69) is 51.1 Å². The Morgan fingerprint density at radius 1 is 0.971 bits per heavy atom. The average Bonchev–Trinajstić information content (AvgIpc) is 3.41. The molecule has 2 aromatic carbocycles. The van der Waals surface area contributed by atoms with Crippen LogP contribution in [0, 0.1) is 11.3 Å². The van der Waals surface area contributed by atoms with Crippen molar-refractivity contribution in [3.8, 4) is 27.8 Å². The Bertz CT molecular complexity index is 1290. The molecular formula is C29H28N2OS3. The summed E-state index contributed by atoms with van der Waals surface area (Å²) in [5.41, 5.74) is 4.69. The van der Waals surface area contributed by atoms with Crippen LogP contribution in [0.15, 0.2) is 88.1 Å². The summed E-state index contributed by atoms with van der Waals surface area (Å²) in [4.78, 5) is 7.03. The van der Waals surface area contributed by atoms with E-state index in [1.54, 1.807) is 23.1 Å². The molecule has 0 saturated carbocycles. The average molecular weight is 517 g/mol. The third kappa shape index (κ3) is 6.56. The highest BCUT2D eigenvalue weighted by molar-refractivity contribution is 8.00. The fourth-order valence-corrected chi connectivity index (χ4v) is 6.19. The number of pyridine rings is 1. The highest BCUT2D eigenvalue weighted by Gasteiger charge is 2.18. The van der Waals surface area contributed by atoms with Gasteiger partial charge in [-0.1, -0.05) is 69.3 Å². The van der Waals surface area contributed by atoms with E-state index < -0.39 is 6.10 Å². The maximum Gasteiger partial charge on any atom is 0.115 e. The number of nitriles is 1. The molecule has 178 valence electrons. The van der Waals surface area contributed by atoms with Gasteiger partial charge in [0.2, 0.25) is 0 Å². The first-order valence-electron chi connectivity index (χ1n) is 11.4. The molecule has 0 aliphatic rings. The van der Waals surface area contributed by atoms with Crippen molar-refractivity contribution < 1.29 is 5.11 Å². The number of nitrogens with zero attached hydrogens (tertiary/aromatic N) is 2. The standard InChI is InChI=1S/C29H28N2OS3/c1-29(2,3)21-11-13-23(14-12-21)34-18-22(32)19-35-28-25(17-30)24(20-8-5-4-6-9-20)16-26(31-28)27-10-7-15-33-27/h4-16,22,32H,18-19H2,1-3H3. The molecule has 1 atom stereocenters. The maximum atomic E-state index is 10.7. The lowest BCUT2D eigenvalue weighted by atomic mass is 9.87. The quantitative estimate of drug-likeness (QED) is 0.241. The summed E-state index contributed by atoms with van der Waals surface area (Å²) in [6.07, 6.45) is -0.522. The Labute approximate surface area is 220 Å². The van der Waals surface area contributed by atoms with Crippen molar-refractivity contribution in [1.82, 2.24) is 4.98 Å². The molecule has 35 heavy (non-hydrogen) atoms. The summed E-state index contributed by atoms with van der Waals surface area (Å²) in [5, 5.41) is 23.4. The fraction of sp³-hybridized carbons (Fsp3) is 0.241. The van der Waals surface area contributed by atoms with Gasteiger partial charge in [0, 0.05) is 22.0 Å². The molecular weight excluding hydrogens is 489 g/mol. The Balaban J connectivity index is 1.50. The molecule has 4 aromatic rings. The van der Waals surface area contributed by atoms with Crippen molar-refractivity contribution >= 4 is 34.9 Å². The van der Waals surface area contributed by atoms with Crippen LogP contribution in [0.25, 0.3) is 21.7 Å². The first-order valence-corrected chi connectivity index (χ1v) is 14.3. The minimum Gasteiger partial charge on any atom is -0.391 e. The highest BCUT2D eigenvalue weighted by atomic mass is 32.2. The molecule has 1 unspecified atom stereocenters. The Morgan fingerprint density at radius 2 is 1.69 bits per heavy atom. The van der Waals surface area contributed by atoms with Crippen molar-refractivity contribution in [1.29, 1.82) is 5.26 Å². The van der Waals surface area contributed by atoms with E-state index in [0.29, 0.717) is 22.1 Å². The SMILES string of the molecule is CC(C)(C)c1ccc(SCC(O)CSc2nc(-c3cccs3)cc(-c3ccccc3)c2C#N)cc1. The molecule has 0 saturated heterocycles. The first-order chi connectivity index (χ1) is 16.8. The van der Waals surface area contributed by atoms with Gasteiger partial charge in [0.25, 0.3) is 0 Å². The van der Waals surface area contributed by atoms with Gasteiger partial charge in [-0.2, -0.15) is 5.26 Å². The zero-order valence-corrected chi connectivity index (χ0v) is 22.5. The van der Waals surface area contributed by atoms with E-state index in [4.69, 9.17) is 4.98 Å². The molecule has 0 fully saturated rings. The molecule has 6 heteroatoms. The topological polar surface area (TPSA) is 56.9 Å². The van der Waals surface area contributed by atoms with Crippen molar-refractivity contribution in [2.45, 2.75) is 42.2 Å². The second kappa shape index (κ2) is 11.5. The van der Waals surface area contributed by atoms with Crippen molar-refractivity contribution in [2.24, 2.45) is 0 Å². The van der Waals surface area contributed by atoms with Crippen LogP contribution in [0.3, 0.4) is 0 Å². The highest BCUT2D eigenvalue weighted by Crippen LogP contribution is 2.36. The predicted molar refractivity (Wildman–Crippen MR) is 150 cm³/mol. The third-order valence-electron chi connectivity index (χ3n) is 5.53. The number of hydrogen-bond acceptors (Lipinski definition) is 6. The summed E-state index contributed by atoms with van der Waals surface area (Å²) in [6, 6.07) is 26.9. The zero-order valence-electron chi connectivity index (χ0n) is 20.1. The lowest BCUT2D eigenvalue weighted by Crippen LogP contribution is -2.13. The van der Waals surface area contributed by atoms with Crippen LogP contribution in [0.5, 0.6) is 0 Å². The molecule has 1 N–H and O–H groups in total. The van der Waals surface area contributed by atoms with E-state index in [-0.39, 0.29) is 5.41 Å². The van der Waals surface area contributed by atoms with Crippen molar-refractivity contribution in [2.75, 3.05) is 11.5 Å². The lowest BCUT2D eigenvalue weighted by molar-refractivity contribution is 0.225. The van der Waals surface area contributed by atoms with E-state index in [1.165, 1.54) is 17.3 Å². The number of thioether (sulfide) groups is 2. The Kier molecular flexibility index (Phi) is 8.35. The van der Waals surface area contributed by atoms with Gasteiger partial charge < -0.3 is 5.11 Å². The molecule has 0 aliphatic carbocycles. The molecule has 2 heterocycles. The van der Waals surface area contributed by atoms with Gasteiger partial charge in [-0.3, -0.25) is 0 Å². The fourth-order valence-electron chi connectivity index (χ4n) is 3.60. The van der Waals surface area contributed by atoms with Gasteiger partial charge in [-0.15, -0.1) is 34.9 Å². The summed E-state index contributed by atoms with van der Waals surface area (Å²) in [6.45, 7) is 6.61. The number of benzene rings is 2. The molecule has 0 radical (unpaired) electrons. The first kappa shape index (κ1) is 25.5. The van der Waals surface area contributed by atoms with E-state index in [9.17, 15) is 10.4 Å². The van der Waals surface area contributed by atoms with E-state index in [1.807, 2.05) is 53.9 Å². The van der Waals surface area contributed by atoms with Crippen LogP contribution >= 0.6 is 34.9 Å². The summed E-state index contributed by atoms with van der Waals surface area (Å²) in [7, 11) is 0. The van der Waals surface area contributed by atoms with Gasteiger partial charge in [-0.25, -0.2) is 4.98 Å². The van der Waals surface area contributed by atoms with E-state index in [0.717, 1.165) is 26.6 Å². The Morgan fingerprint density at radius 3 is 2.31 bits per heavy atom. The maximum absolute atomic E-state index is 10.7. The summed E-state index contributed by atoms with van der Waals surface area (Å²) < 4.78 is 0. The number of rotatable bonds is 8. The smallest absolute Gasteiger partial charge is 0.115 e. The van der Waals surface area contributed by atoms with Crippen molar-refractivity contribution in [3.05, 3.63) is 89.3 Å². The number of thiophene rings is 1. The zero-order chi connectivity index (χ0) is 24.8. The second-order valence-corrected chi connectivity index (χ2v) is 12.3. The molecule has 3 nitrogen and oxygen atoms in total. The van der Waals surface area contributed by atoms with Crippen LogP contribution in [-0.2, 0) is 5.41 Å². The van der Waals surface area contributed by atoms with Gasteiger partial charge in [0.05, 0.1) is 22.2 Å². The number of hydrogen-bond donors (Lipinski definition) is 1. The van der Waals surface area contributed by atoms with Crippen molar-refractivity contribution in [3.63, 3.8) is 0 Å². The summed E-state index contributed by atoms with van der Waals surface area (Å²) in [5.74, 6) is 1.05. The summed E-state index contributed by atoms with van der Waals surface area (Å²) >= 11 is 4.72. The molecule has 4 rings (SSSR count). The second-order valence-electron chi connectivity index (χ2n) is 9.24.